The quantitative estimate of drug-likeness (QED) is 0.0429. The zero-order valence-electron chi connectivity index (χ0n) is 40.9. The van der Waals surface area contributed by atoms with Crippen LogP contribution in [0, 0.1) is 16.7 Å². The number of hydrogen-bond acceptors (Lipinski definition) is 11. The molecule has 15 heteroatoms. The van der Waals surface area contributed by atoms with Gasteiger partial charge in [0.05, 0.1) is 37.7 Å². The first kappa shape index (κ1) is 58.2. The number of imidazole rings is 1. The Morgan fingerprint density at radius 2 is 1.25 bits per heavy atom. The molecule has 0 fully saturated rings. The van der Waals surface area contributed by atoms with Gasteiger partial charge in [0.2, 0.25) is 17.7 Å². The average Bonchev–Trinajstić information content (AvgIpc) is 3.74. The summed E-state index contributed by atoms with van der Waals surface area (Å²) in [7, 11) is 0. The van der Waals surface area contributed by atoms with E-state index in [-0.39, 0.29) is 73.8 Å². The zero-order chi connectivity index (χ0) is 48.0. The molecule has 3 amide bonds. The zero-order valence-corrected chi connectivity index (χ0v) is 40.9. The summed E-state index contributed by atoms with van der Waals surface area (Å²) in [6, 6.07) is -0.908. The number of hydrogen-bond donors (Lipinski definition) is 5. The minimum atomic E-state index is -1.29. The molecule has 6 N–H and O–H groups in total. The van der Waals surface area contributed by atoms with E-state index < -0.39 is 34.2 Å². The monoisotopic (exact) mass is 903 g/mol. The van der Waals surface area contributed by atoms with Gasteiger partial charge >= 0.3 is 0 Å². The van der Waals surface area contributed by atoms with Crippen molar-refractivity contribution in [3.05, 3.63) is 18.2 Å². The molecule has 1 heterocycles. The van der Waals surface area contributed by atoms with Crippen LogP contribution < -0.4 is 21.7 Å². The number of rotatable bonds is 40. The van der Waals surface area contributed by atoms with Gasteiger partial charge in [0, 0.05) is 73.8 Å². The van der Waals surface area contributed by atoms with Crippen LogP contribution in [0.3, 0.4) is 0 Å². The van der Waals surface area contributed by atoms with Gasteiger partial charge in [-0.2, -0.15) is 0 Å². The predicted octanol–water partition coefficient (Wildman–Crippen LogP) is 6.84. The van der Waals surface area contributed by atoms with Crippen LogP contribution in [-0.2, 0) is 49.5 Å². The number of carbonyl (C=O) groups excluding carboxylic acids is 7. The summed E-state index contributed by atoms with van der Waals surface area (Å²) in [6.07, 6.45) is 20.3. The van der Waals surface area contributed by atoms with E-state index in [1.54, 1.807) is 47.7 Å². The number of ether oxygens (including phenoxy) is 2. The number of carbonyl (C=O) groups is 7. The summed E-state index contributed by atoms with van der Waals surface area (Å²) in [4.78, 5) is 96.9. The Bertz CT molecular complexity index is 1540. The number of Topliss-reactive ketones (excluding diaryl/α,β-unsaturated/α-hetero) is 4. The van der Waals surface area contributed by atoms with Gasteiger partial charge in [0.1, 0.15) is 24.0 Å². The number of nitrogens with zero attached hydrogens (tertiary/aromatic N) is 1. The molecular formula is C49H86N6O9. The van der Waals surface area contributed by atoms with E-state index in [0.29, 0.717) is 57.7 Å². The van der Waals surface area contributed by atoms with Gasteiger partial charge < -0.3 is 36.1 Å². The van der Waals surface area contributed by atoms with Gasteiger partial charge in [0.25, 0.3) is 0 Å². The van der Waals surface area contributed by atoms with Gasteiger partial charge in [-0.15, -0.1) is 0 Å². The van der Waals surface area contributed by atoms with E-state index in [0.717, 1.165) is 12.8 Å². The Morgan fingerprint density at radius 1 is 0.688 bits per heavy atom. The molecule has 0 saturated carbocycles. The first-order chi connectivity index (χ1) is 30.2. The lowest BCUT2D eigenvalue weighted by Gasteiger charge is -2.33. The van der Waals surface area contributed by atoms with Crippen LogP contribution in [0.4, 0.5) is 0 Å². The topological polar surface area (TPSA) is 229 Å². The molecule has 2 atom stereocenters. The van der Waals surface area contributed by atoms with Crippen LogP contribution in [0.25, 0.3) is 0 Å². The fourth-order valence-corrected chi connectivity index (χ4v) is 7.26. The van der Waals surface area contributed by atoms with Gasteiger partial charge in [-0.3, -0.25) is 33.6 Å². The molecule has 0 spiro atoms. The third-order valence-corrected chi connectivity index (χ3v) is 11.9. The van der Waals surface area contributed by atoms with E-state index in [4.69, 9.17) is 15.2 Å². The number of ketones is 4. The lowest BCUT2D eigenvalue weighted by Crippen LogP contribution is -2.56. The van der Waals surface area contributed by atoms with Crippen LogP contribution in [0.5, 0.6) is 0 Å². The van der Waals surface area contributed by atoms with Crippen molar-refractivity contribution in [2.75, 3.05) is 39.5 Å². The maximum absolute atomic E-state index is 13.6. The number of aromatic amines is 1. The molecule has 366 valence electrons. The Hall–Kier alpha value is -3.82. The Labute approximate surface area is 384 Å². The van der Waals surface area contributed by atoms with E-state index >= 15 is 0 Å². The highest BCUT2D eigenvalue weighted by atomic mass is 16.5. The highest BCUT2D eigenvalue weighted by Gasteiger charge is 2.41. The van der Waals surface area contributed by atoms with Gasteiger partial charge in [0.15, 0.2) is 5.78 Å². The molecule has 0 saturated heterocycles. The van der Waals surface area contributed by atoms with Crippen molar-refractivity contribution < 1.29 is 43.0 Å². The van der Waals surface area contributed by atoms with Crippen LogP contribution in [0.1, 0.15) is 183 Å². The van der Waals surface area contributed by atoms with Crippen molar-refractivity contribution in [3.8, 4) is 0 Å². The summed E-state index contributed by atoms with van der Waals surface area (Å²) < 4.78 is 10.9. The number of nitrogens with two attached hydrogens (primary N) is 1. The first-order valence-corrected chi connectivity index (χ1v) is 24.1. The van der Waals surface area contributed by atoms with Crippen LogP contribution in [0.2, 0.25) is 0 Å². The molecule has 64 heavy (non-hydrogen) atoms. The minimum absolute atomic E-state index is 0.0129. The average molecular weight is 903 g/mol. The third-order valence-electron chi connectivity index (χ3n) is 11.9. The van der Waals surface area contributed by atoms with Crippen LogP contribution >= 0.6 is 0 Å². The maximum atomic E-state index is 13.6. The van der Waals surface area contributed by atoms with Gasteiger partial charge in [-0.25, -0.2) is 4.98 Å². The smallest absolute Gasteiger partial charge is 0.245 e. The number of unbranched alkanes of at least 4 members (excludes halogenated alkanes) is 12. The number of nitrogens with one attached hydrogen (secondary N) is 4. The lowest BCUT2D eigenvalue weighted by atomic mass is 9.71. The first-order valence-electron chi connectivity index (χ1n) is 24.1. The molecule has 1 aromatic rings. The van der Waals surface area contributed by atoms with Gasteiger partial charge in [-0.1, -0.05) is 112 Å². The lowest BCUT2D eigenvalue weighted by molar-refractivity contribution is -0.140. The summed E-state index contributed by atoms with van der Waals surface area (Å²) in [5.41, 5.74) is 3.24. The third kappa shape index (κ3) is 26.2. The van der Waals surface area contributed by atoms with E-state index in [9.17, 15) is 33.6 Å². The van der Waals surface area contributed by atoms with E-state index in [1.807, 2.05) is 0 Å². The summed E-state index contributed by atoms with van der Waals surface area (Å²) in [5.74, 6) is -2.21. The van der Waals surface area contributed by atoms with Crippen molar-refractivity contribution in [3.63, 3.8) is 0 Å². The minimum Gasteiger partial charge on any atom is -0.377 e. The highest BCUT2D eigenvalue weighted by Crippen LogP contribution is 2.34. The molecule has 0 radical (unpaired) electrons. The molecule has 0 aromatic carbocycles. The maximum Gasteiger partial charge on any atom is 0.245 e. The van der Waals surface area contributed by atoms with E-state index in [1.165, 1.54) is 77.5 Å². The number of H-pyrrole nitrogens is 1. The number of amides is 3. The van der Waals surface area contributed by atoms with Crippen molar-refractivity contribution in [1.82, 2.24) is 25.9 Å². The van der Waals surface area contributed by atoms with Crippen molar-refractivity contribution in [1.29, 1.82) is 0 Å². The van der Waals surface area contributed by atoms with Crippen LogP contribution in [-0.4, -0.2) is 102 Å². The SMILES string of the molecule is CCCCCCCCCCCCCCC(=O)NCCOCCOCC(=O)NCCCC[C@H](CC(=O)C(C)(C)CC(=O)C(C)(C)CC(=O)C(C)(C)NC(=O)[C@@H](N)Cc1cnc[nH]1)C(C)=O. The fourth-order valence-electron chi connectivity index (χ4n) is 7.26. The normalized spacial score (nSPS) is 13.0. The molecule has 1 aromatic heterocycles. The molecule has 1 rings (SSSR count). The Kier molecular flexibility index (Phi) is 29.1. The van der Waals surface area contributed by atoms with Gasteiger partial charge in [-0.05, 0) is 40.0 Å². The highest BCUT2D eigenvalue weighted by molar-refractivity contribution is 5.99. The molecular weight excluding hydrogens is 817 g/mol. The van der Waals surface area contributed by atoms with E-state index in [2.05, 4.69) is 32.8 Å². The largest absolute Gasteiger partial charge is 0.377 e. The molecule has 0 aliphatic heterocycles. The summed E-state index contributed by atoms with van der Waals surface area (Å²) in [5, 5.41) is 8.39. The summed E-state index contributed by atoms with van der Waals surface area (Å²) in [6.45, 7) is 15.1. The van der Waals surface area contributed by atoms with Crippen molar-refractivity contribution in [2.24, 2.45) is 22.5 Å². The number of aromatic nitrogens is 2. The Balaban J connectivity index is 2.25. The second kappa shape index (κ2) is 32.0. The fraction of sp³-hybridized carbons (Fsp3) is 0.796. The second-order valence-corrected chi connectivity index (χ2v) is 19.4. The standard InChI is InChI=1S/C49H86N6O9/c1-9-10-11-12-13-14-15-16-17-18-19-20-24-44(60)53-26-27-63-28-29-64-35-45(61)52-25-22-21-23-38(37(2)56)30-41(57)47(3,4)32-42(58)48(5,6)33-43(59)49(7,8)55-46(62)40(50)31-39-34-51-36-54-39/h34,36,38,40H,9-33,35,50H2,1-8H3,(H,51,54)(H,52,61)(H,53,60)(H,55,62)/t38-,40+/m1/s1. The molecule has 15 nitrogen and oxygen atoms in total. The molecule has 0 aliphatic carbocycles. The van der Waals surface area contributed by atoms with Crippen molar-refractivity contribution >= 4 is 40.9 Å². The predicted molar refractivity (Wildman–Crippen MR) is 250 cm³/mol. The second-order valence-electron chi connectivity index (χ2n) is 19.4. The van der Waals surface area contributed by atoms with Crippen LogP contribution in [0.15, 0.2) is 12.5 Å². The van der Waals surface area contributed by atoms with Crippen molar-refractivity contribution in [2.45, 2.75) is 195 Å². The molecule has 0 aliphatic rings. The Morgan fingerprint density at radius 3 is 1.84 bits per heavy atom. The molecule has 0 unspecified atom stereocenters. The molecule has 0 bridgehead atoms. The summed E-state index contributed by atoms with van der Waals surface area (Å²) >= 11 is 0.